The van der Waals surface area contributed by atoms with Crippen LogP contribution in [0.4, 0.5) is 0 Å². The number of benzene rings is 1. The van der Waals surface area contributed by atoms with E-state index in [2.05, 4.69) is 6.07 Å². The van der Waals surface area contributed by atoms with Crippen molar-refractivity contribution in [2.45, 2.75) is 12.8 Å². The highest BCUT2D eigenvalue weighted by atomic mass is 16.5. The average molecular weight is 205 g/mol. The normalized spacial score (nSPS) is 9.60. The largest absolute Gasteiger partial charge is 0.494 e. The van der Waals surface area contributed by atoms with Crippen LogP contribution in [0, 0.1) is 11.3 Å². The molecule has 0 N–H and O–H groups in total. The highest BCUT2D eigenvalue weighted by Gasteiger charge is 1.94. The number of methoxy groups -OCH3 is 1. The van der Waals surface area contributed by atoms with Crippen LogP contribution in [0.1, 0.15) is 18.4 Å². The Morgan fingerprint density at radius 2 is 1.80 bits per heavy atom. The molecule has 0 aliphatic heterocycles. The minimum Gasteiger partial charge on any atom is -0.494 e. The van der Waals surface area contributed by atoms with Gasteiger partial charge in [-0.3, -0.25) is 0 Å². The van der Waals surface area contributed by atoms with Crippen molar-refractivity contribution in [1.29, 1.82) is 5.26 Å². The molecule has 0 heterocycles. The van der Waals surface area contributed by atoms with E-state index >= 15 is 0 Å². The van der Waals surface area contributed by atoms with E-state index in [1.165, 1.54) is 0 Å². The standard InChI is InChI=1S/C12H15NO2/c1-14-8-2-3-9-15-12-6-4-11(10-13)5-7-12/h4-7H,2-3,8-9H2,1H3. The van der Waals surface area contributed by atoms with Crippen LogP contribution in [0.2, 0.25) is 0 Å². The van der Waals surface area contributed by atoms with Crippen molar-refractivity contribution in [2.75, 3.05) is 20.3 Å². The van der Waals surface area contributed by atoms with Crippen molar-refractivity contribution in [2.24, 2.45) is 0 Å². The third-order valence-corrected chi connectivity index (χ3v) is 1.99. The van der Waals surface area contributed by atoms with Gasteiger partial charge in [0.15, 0.2) is 0 Å². The predicted octanol–water partition coefficient (Wildman–Crippen LogP) is 2.36. The lowest BCUT2D eigenvalue weighted by Crippen LogP contribution is -1.99. The van der Waals surface area contributed by atoms with Gasteiger partial charge < -0.3 is 9.47 Å². The zero-order valence-electron chi connectivity index (χ0n) is 8.90. The summed E-state index contributed by atoms with van der Waals surface area (Å²) in [7, 11) is 1.70. The second-order valence-electron chi connectivity index (χ2n) is 3.18. The van der Waals surface area contributed by atoms with Gasteiger partial charge in [0.25, 0.3) is 0 Å². The molecule has 1 rings (SSSR count). The first-order chi connectivity index (χ1) is 7.36. The van der Waals surface area contributed by atoms with Crippen LogP contribution in [0.15, 0.2) is 24.3 Å². The molecule has 0 aliphatic rings. The number of rotatable bonds is 6. The molecule has 0 saturated carbocycles. The zero-order valence-corrected chi connectivity index (χ0v) is 8.90. The van der Waals surface area contributed by atoms with Crippen molar-refractivity contribution in [3.8, 4) is 11.8 Å². The molecule has 3 nitrogen and oxygen atoms in total. The minimum atomic E-state index is 0.654. The summed E-state index contributed by atoms with van der Waals surface area (Å²) in [5.74, 6) is 0.811. The maximum Gasteiger partial charge on any atom is 0.119 e. The summed E-state index contributed by atoms with van der Waals surface area (Å²) in [4.78, 5) is 0. The van der Waals surface area contributed by atoms with Crippen LogP contribution in [0.25, 0.3) is 0 Å². The lowest BCUT2D eigenvalue weighted by Gasteiger charge is -2.05. The van der Waals surface area contributed by atoms with Crippen molar-refractivity contribution >= 4 is 0 Å². The van der Waals surface area contributed by atoms with Gasteiger partial charge in [0, 0.05) is 13.7 Å². The monoisotopic (exact) mass is 205 g/mol. The maximum atomic E-state index is 8.60. The SMILES string of the molecule is COCCCCOc1ccc(C#N)cc1. The third kappa shape index (κ3) is 4.48. The lowest BCUT2D eigenvalue weighted by atomic mass is 10.2. The van der Waals surface area contributed by atoms with Crippen molar-refractivity contribution in [3.05, 3.63) is 29.8 Å². The van der Waals surface area contributed by atoms with Gasteiger partial charge in [0.2, 0.25) is 0 Å². The van der Waals surface area contributed by atoms with Crippen molar-refractivity contribution in [1.82, 2.24) is 0 Å². The molecule has 0 spiro atoms. The second-order valence-corrected chi connectivity index (χ2v) is 3.18. The third-order valence-electron chi connectivity index (χ3n) is 1.99. The van der Waals surface area contributed by atoms with Crippen LogP contribution in [0.3, 0.4) is 0 Å². The molecule has 80 valence electrons. The van der Waals surface area contributed by atoms with Gasteiger partial charge in [0.1, 0.15) is 5.75 Å². The van der Waals surface area contributed by atoms with Crippen LogP contribution >= 0.6 is 0 Å². The smallest absolute Gasteiger partial charge is 0.119 e. The molecule has 0 amide bonds. The first-order valence-electron chi connectivity index (χ1n) is 4.98. The second kappa shape index (κ2) is 6.86. The summed E-state index contributed by atoms with van der Waals surface area (Å²) < 4.78 is 10.4. The van der Waals surface area contributed by atoms with E-state index in [0.717, 1.165) is 25.2 Å². The molecule has 0 atom stereocenters. The van der Waals surface area contributed by atoms with Gasteiger partial charge in [-0.2, -0.15) is 5.26 Å². The Balaban J connectivity index is 2.23. The lowest BCUT2D eigenvalue weighted by molar-refractivity contribution is 0.184. The van der Waals surface area contributed by atoms with E-state index < -0.39 is 0 Å². The number of ether oxygens (including phenoxy) is 2. The molecule has 1 aromatic rings. The highest BCUT2D eigenvalue weighted by molar-refractivity contribution is 5.34. The Hall–Kier alpha value is -1.53. The number of hydrogen-bond donors (Lipinski definition) is 0. The van der Waals surface area contributed by atoms with E-state index in [0.29, 0.717) is 12.2 Å². The quantitative estimate of drug-likeness (QED) is 0.669. The fourth-order valence-electron chi connectivity index (χ4n) is 1.16. The van der Waals surface area contributed by atoms with Gasteiger partial charge in [-0.15, -0.1) is 0 Å². The van der Waals surface area contributed by atoms with Gasteiger partial charge in [0.05, 0.1) is 18.2 Å². The van der Waals surface area contributed by atoms with Gasteiger partial charge >= 0.3 is 0 Å². The van der Waals surface area contributed by atoms with Gasteiger partial charge in [-0.25, -0.2) is 0 Å². The highest BCUT2D eigenvalue weighted by Crippen LogP contribution is 2.11. The minimum absolute atomic E-state index is 0.654. The molecule has 15 heavy (non-hydrogen) atoms. The summed E-state index contributed by atoms with van der Waals surface area (Å²) in [5.41, 5.74) is 0.654. The molecular weight excluding hydrogens is 190 g/mol. The Bertz CT molecular complexity index is 313. The number of unbranched alkanes of at least 4 members (excludes halogenated alkanes) is 1. The summed E-state index contributed by atoms with van der Waals surface area (Å²) in [6.07, 6.45) is 1.99. The molecular formula is C12H15NO2. The van der Waals surface area contributed by atoms with E-state index in [1.54, 1.807) is 19.2 Å². The van der Waals surface area contributed by atoms with E-state index in [-0.39, 0.29) is 0 Å². The molecule has 0 aromatic heterocycles. The molecule has 0 saturated heterocycles. The predicted molar refractivity (Wildman–Crippen MR) is 57.8 cm³/mol. The first-order valence-corrected chi connectivity index (χ1v) is 4.98. The fourth-order valence-corrected chi connectivity index (χ4v) is 1.16. The summed E-state index contributed by atoms with van der Waals surface area (Å²) in [5, 5.41) is 8.60. The van der Waals surface area contributed by atoms with Crippen molar-refractivity contribution in [3.63, 3.8) is 0 Å². The first kappa shape index (κ1) is 11.5. The van der Waals surface area contributed by atoms with Gasteiger partial charge in [-0.05, 0) is 37.1 Å². The molecule has 0 bridgehead atoms. The van der Waals surface area contributed by atoms with E-state index in [4.69, 9.17) is 14.7 Å². The fraction of sp³-hybridized carbons (Fsp3) is 0.417. The van der Waals surface area contributed by atoms with Crippen LogP contribution in [-0.2, 0) is 4.74 Å². The van der Waals surface area contributed by atoms with E-state index in [1.807, 2.05) is 12.1 Å². The maximum absolute atomic E-state index is 8.60. The molecule has 0 aliphatic carbocycles. The molecule has 0 unspecified atom stereocenters. The van der Waals surface area contributed by atoms with Crippen molar-refractivity contribution < 1.29 is 9.47 Å². The molecule has 3 heteroatoms. The Labute approximate surface area is 90.2 Å². The summed E-state index contributed by atoms with van der Waals surface area (Å²) in [6, 6.07) is 9.20. The van der Waals surface area contributed by atoms with Gasteiger partial charge in [-0.1, -0.05) is 0 Å². The van der Waals surface area contributed by atoms with Crippen LogP contribution in [-0.4, -0.2) is 20.3 Å². The average Bonchev–Trinajstić information content (AvgIpc) is 2.30. The topological polar surface area (TPSA) is 42.2 Å². The summed E-state index contributed by atoms with van der Waals surface area (Å²) >= 11 is 0. The number of nitrogens with zero attached hydrogens (tertiary/aromatic N) is 1. The zero-order chi connectivity index (χ0) is 10.9. The molecule has 1 aromatic carbocycles. The number of nitriles is 1. The Kier molecular flexibility index (Phi) is 5.28. The van der Waals surface area contributed by atoms with E-state index in [9.17, 15) is 0 Å². The Morgan fingerprint density at radius 1 is 1.13 bits per heavy atom. The molecule has 0 radical (unpaired) electrons. The summed E-state index contributed by atoms with van der Waals surface area (Å²) in [6.45, 7) is 1.46. The number of hydrogen-bond acceptors (Lipinski definition) is 3. The van der Waals surface area contributed by atoms with Crippen LogP contribution in [0.5, 0.6) is 5.75 Å². The Morgan fingerprint density at radius 3 is 2.40 bits per heavy atom. The molecule has 0 fully saturated rings. The van der Waals surface area contributed by atoms with Crippen LogP contribution < -0.4 is 4.74 Å².